The first-order chi connectivity index (χ1) is 9.88. The van der Waals surface area contributed by atoms with Gasteiger partial charge in [-0.05, 0) is 24.1 Å². The fourth-order valence-corrected chi connectivity index (χ4v) is 2.00. The van der Waals surface area contributed by atoms with Crippen molar-refractivity contribution >= 4 is 11.6 Å². The van der Waals surface area contributed by atoms with Crippen LogP contribution in [-0.4, -0.2) is 24.6 Å². The normalized spacial score (nSPS) is 12.0. The molecule has 0 saturated heterocycles. The molecule has 6 nitrogen and oxygen atoms in total. The first-order valence-electron chi connectivity index (χ1n) is 5.86. The Morgan fingerprint density at radius 1 is 1.14 bits per heavy atom. The molecule has 0 bridgehead atoms. The molecule has 0 radical (unpaired) electrons. The summed E-state index contributed by atoms with van der Waals surface area (Å²) in [6, 6.07) is 0.969. The second-order valence-corrected chi connectivity index (χ2v) is 4.44. The molecule has 0 aliphatic carbocycles. The van der Waals surface area contributed by atoms with Crippen LogP contribution in [-0.2, 0) is 6.18 Å². The van der Waals surface area contributed by atoms with Gasteiger partial charge in [0.2, 0.25) is 5.95 Å². The van der Waals surface area contributed by atoms with Gasteiger partial charge in [0, 0.05) is 18.0 Å². The lowest BCUT2D eigenvalue weighted by Crippen LogP contribution is -2.09. The summed E-state index contributed by atoms with van der Waals surface area (Å²) in [4.78, 5) is 7.36. The van der Waals surface area contributed by atoms with Gasteiger partial charge in [0.1, 0.15) is 12.0 Å². The molecule has 3 aromatic rings. The van der Waals surface area contributed by atoms with Gasteiger partial charge in [0.05, 0.1) is 0 Å². The van der Waals surface area contributed by atoms with Crippen LogP contribution >= 0.6 is 0 Å². The minimum atomic E-state index is -4.52. The van der Waals surface area contributed by atoms with Gasteiger partial charge < -0.3 is 5.73 Å². The van der Waals surface area contributed by atoms with Crippen LogP contribution in [0.2, 0.25) is 0 Å². The van der Waals surface area contributed by atoms with Crippen LogP contribution in [0.1, 0.15) is 11.3 Å². The summed E-state index contributed by atoms with van der Waals surface area (Å²) >= 11 is 0. The van der Waals surface area contributed by atoms with E-state index < -0.39 is 11.9 Å². The zero-order valence-corrected chi connectivity index (χ0v) is 10.8. The van der Waals surface area contributed by atoms with E-state index in [-0.39, 0.29) is 5.95 Å². The monoisotopic (exact) mass is 294 g/mol. The molecular weight excluding hydrogens is 285 g/mol. The first-order valence-corrected chi connectivity index (χ1v) is 5.86. The number of rotatable bonds is 1. The van der Waals surface area contributed by atoms with E-state index in [0.717, 1.165) is 6.07 Å². The van der Waals surface area contributed by atoms with Crippen LogP contribution in [0.5, 0.6) is 0 Å². The van der Waals surface area contributed by atoms with Gasteiger partial charge in [-0.25, -0.2) is 4.98 Å². The Bertz CT molecular complexity index is 823. The predicted molar refractivity (Wildman–Crippen MR) is 68.2 cm³/mol. The highest BCUT2D eigenvalue weighted by Gasteiger charge is 2.33. The standard InChI is InChI=1S/C12H9F3N6/c1-6-3-17-9(12(13,14)15)2-7(6)8-4-18-11(16)21-5-19-20-10(8)21/h2-5H,1H3,(H2,16,18). The molecule has 9 heteroatoms. The quantitative estimate of drug-likeness (QED) is 0.743. The average Bonchev–Trinajstić information content (AvgIpc) is 2.89. The molecule has 0 unspecified atom stereocenters. The fourth-order valence-electron chi connectivity index (χ4n) is 2.00. The molecule has 3 rings (SSSR count). The summed E-state index contributed by atoms with van der Waals surface area (Å²) in [5.41, 5.74) is 6.34. The van der Waals surface area contributed by atoms with Crippen LogP contribution in [0.4, 0.5) is 19.1 Å². The third-order valence-electron chi connectivity index (χ3n) is 3.05. The minimum absolute atomic E-state index is 0.154. The van der Waals surface area contributed by atoms with Gasteiger partial charge >= 0.3 is 6.18 Å². The Morgan fingerprint density at radius 3 is 2.62 bits per heavy atom. The summed E-state index contributed by atoms with van der Waals surface area (Å²) in [6.07, 6.45) is -0.626. The number of nitrogens with two attached hydrogens (primary N) is 1. The number of anilines is 1. The Morgan fingerprint density at radius 2 is 1.90 bits per heavy atom. The highest BCUT2D eigenvalue weighted by atomic mass is 19.4. The molecule has 0 fully saturated rings. The van der Waals surface area contributed by atoms with Gasteiger partial charge in [0.15, 0.2) is 5.65 Å². The zero-order chi connectivity index (χ0) is 15.2. The summed E-state index contributed by atoms with van der Waals surface area (Å²) in [5, 5.41) is 7.58. The summed E-state index contributed by atoms with van der Waals surface area (Å²) in [5.74, 6) is 0.154. The second kappa shape index (κ2) is 4.40. The SMILES string of the molecule is Cc1cnc(C(F)(F)F)cc1-c1cnc(N)n2cnnc12. The molecule has 0 saturated carbocycles. The van der Waals surface area contributed by atoms with Crippen molar-refractivity contribution in [1.29, 1.82) is 0 Å². The Balaban J connectivity index is 2.28. The molecule has 21 heavy (non-hydrogen) atoms. The number of halogens is 3. The molecule has 2 N–H and O–H groups in total. The number of nitrogen functional groups attached to an aromatic ring is 1. The largest absolute Gasteiger partial charge is 0.433 e. The Hall–Kier alpha value is -2.71. The Labute approximate surface area is 116 Å². The van der Waals surface area contributed by atoms with E-state index in [4.69, 9.17) is 5.73 Å². The maximum atomic E-state index is 12.8. The van der Waals surface area contributed by atoms with Gasteiger partial charge in [-0.15, -0.1) is 10.2 Å². The summed E-state index contributed by atoms with van der Waals surface area (Å²) in [7, 11) is 0. The predicted octanol–water partition coefficient (Wildman–Crippen LogP) is 2.10. The first kappa shape index (κ1) is 13.3. The van der Waals surface area contributed by atoms with Crippen LogP contribution in [0.15, 0.2) is 24.8 Å². The molecule has 3 aromatic heterocycles. The van der Waals surface area contributed by atoms with Crippen molar-refractivity contribution in [3.63, 3.8) is 0 Å². The molecular formula is C12H9F3N6. The highest BCUT2D eigenvalue weighted by molar-refractivity contribution is 5.79. The topological polar surface area (TPSA) is 82.0 Å². The Kier molecular flexibility index (Phi) is 2.78. The van der Waals surface area contributed by atoms with E-state index in [1.165, 1.54) is 23.1 Å². The van der Waals surface area contributed by atoms with Gasteiger partial charge in [-0.2, -0.15) is 13.2 Å². The fraction of sp³-hybridized carbons (Fsp3) is 0.167. The maximum absolute atomic E-state index is 12.8. The zero-order valence-electron chi connectivity index (χ0n) is 10.8. The minimum Gasteiger partial charge on any atom is -0.369 e. The van der Waals surface area contributed by atoms with Gasteiger partial charge in [-0.1, -0.05) is 0 Å². The van der Waals surface area contributed by atoms with Gasteiger partial charge in [0.25, 0.3) is 0 Å². The number of hydrogen-bond acceptors (Lipinski definition) is 5. The average molecular weight is 294 g/mol. The van der Waals surface area contributed by atoms with E-state index in [1.807, 2.05) is 0 Å². The van der Waals surface area contributed by atoms with E-state index in [9.17, 15) is 13.2 Å². The van der Waals surface area contributed by atoms with E-state index in [0.29, 0.717) is 22.3 Å². The van der Waals surface area contributed by atoms with E-state index in [1.54, 1.807) is 6.92 Å². The lowest BCUT2D eigenvalue weighted by Gasteiger charge is -2.11. The molecule has 0 atom stereocenters. The van der Waals surface area contributed by atoms with Crippen LogP contribution in [0.25, 0.3) is 16.8 Å². The van der Waals surface area contributed by atoms with E-state index in [2.05, 4.69) is 20.2 Å². The van der Waals surface area contributed by atoms with Gasteiger partial charge in [-0.3, -0.25) is 9.38 Å². The molecule has 108 valence electrons. The highest BCUT2D eigenvalue weighted by Crippen LogP contribution is 2.33. The number of alkyl halides is 3. The van der Waals surface area contributed by atoms with Crippen molar-refractivity contribution in [3.8, 4) is 11.1 Å². The number of aryl methyl sites for hydroxylation is 1. The second-order valence-electron chi connectivity index (χ2n) is 4.44. The van der Waals surface area contributed by atoms with Crippen molar-refractivity contribution < 1.29 is 13.2 Å². The molecule has 0 aliphatic rings. The molecule has 0 aliphatic heterocycles. The molecule has 0 aromatic carbocycles. The third kappa shape index (κ3) is 2.16. The van der Waals surface area contributed by atoms with Crippen LogP contribution < -0.4 is 5.73 Å². The molecule has 0 amide bonds. The third-order valence-corrected chi connectivity index (χ3v) is 3.05. The lowest BCUT2D eigenvalue weighted by molar-refractivity contribution is -0.141. The summed E-state index contributed by atoms with van der Waals surface area (Å²) in [6.45, 7) is 1.66. The smallest absolute Gasteiger partial charge is 0.369 e. The van der Waals surface area contributed by atoms with Crippen LogP contribution in [0.3, 0.4) is 0 Å². The maximum Gasteiger partial charge on any atom is 0.433 e. The number of aromatic nitrogens is 5. The molecule has 3 heterocycles. The number of fused-ring (bicyclic) bond motifs is 1. The lowest BCUT2D eigenvalue weighted by atomic mass is 10.0. The number of nitrogens with zero attached hydrogens (tertiary/aromatic N) is 5. The van der Waals surface area contributed by atoms with Crippen molar-refractivity contribution in [1.82, 2.24) is 24.6 Å². The van der Waals surface area contributed by atoms with Crippen molar-refractivity contribution in [2.75, 3.05) is 5.73 Å². The van der Waals surface area contributed by atoms with Crippen molar-refractivity contribution in [3.05, 3.63) is 36.0 Å². The van der Waals surface area contributed by atoms with E-state index >= 15 is 0 Å². The van der Waals surface area contributed by atoms with Crippen molar-refractivity contribution in [2.24, 2.45) is 0 Å². The number of hydrogen-bond donors (Lipinski definition) is 1. The summed E-state index contributed by atoms with van der Waals surface area (Å²) < 4.78 is 39.8. The molecule has 0 spiro atoms. The van der Waals surface area contributed by atoms with Crippen molar-refractivity contribution in [2.45, 2.75) is 13.1 Å². The van der Waals surface area contributed by atoms with Crippen LogP contribution in [0, 0.1) is 6.92 Å². The number of pyridine rings is 1.